The first kappa shape index (κ1) is 20.0. The summed E-state index contributed by atoms with van der Waals surface area (Å²) in [6.07, 6.45) is 1.34. The second-order valence-corrected chi connectivity index (χ2v) is 6.23. The molecule has 2 atom stereocenters. The van der Waals surface area contributed by atoms with Crippen LogP contribution in [0.4, 0.5) is 9.59 Å². The van der Waals surface area contributed by atoms with Crippen LogP contribution in [0, 0.1) is 0 Å². The molecule has 0 aliphatic carbocycles. The fourth-order valence-electron chi connectivity index (χ4n) is 2.86. The number of rotatable bonds is 7. The fourth-order valence-corrected chi connectivity index (χ4v) is 2.86. The molecule has 7 nitrogen and oxygen atoms in total. The van der Waals surface area contributed by atoms with Crippen molar-refractivity contribution in [2.24, 2.45) is 0 Å². The lowest BCUT2D eigenvalue weighted by Gasteiger charge is -2.39. The summed E-state index contributed by atoms with van der Waals surface area (Å²) in [5, 5.41) is 2.75. The molecule has 2 unspecified atom stereocenters. The number of hydrogen-bond acceptors (Lipinski definition) is 5. The number of nitrogens with zero attached hydrogens (tertiary/aromatic N) is 1. The van der Waals surface area contributed by atoms with Crippen LogP contribution in [0.1, 0.15) is 38.2 Å². The lowest BCUT2D eigenvalue weighted by Crippen LogP contribution is -2.60. The smallest absolute Gasteiger partial charge is 0.411 e. The molecule has 1 fully saturated rings. The van der Waals surface area contributed by atoms with Crippen LogP contribution in [0.25, 0.3) is 0 Å². The number of piperidine rings is 1. The summed E-state index contributed by atoms with van der Waals surface area (Å²) in [6, 6.07) is 9.47. The predicted molar refractivity (Wildman–Crippen MR) is 96.5 cm³/mol. The monoisotopic (exact) mass is 364 g/mol. The first-order valence-electron chi connectivity index (χ1n) is 9.09. The van der Waals surface area contributed by atoms with Gasteiger partial charge in [-0.2, -0.15) is 0 Å². The summed E-state index contributed by atoms with van der Waals surface area (Å²) in [5.41, 5.74) is 0.907. The average molecular weight is 364 g/mol. The molecule has 1 saturated heterocycles. The minimum absolute atomic E-state index is 0.182. The molecule has 1 aromatic carbocycles. The van der Waals surface area contributed by atoms with E-state index < -0.39 is 18.4 Å². The van der Waals surface area contributed by atoms with Crippen molar-refractivity contribution in [3.63, 3.8) is 0 Å². The number of alkyl carbamates (subject to hydrolysis) is 1. The van der Waals surface area contributed by atoms with Crippen molar-refractivity contribution < 1.29 is 23.8 Å². The molecule has 1 heterocycles. The topological polar surface area (TPSA) is 77.1 Å². The highest BCUT2D eigenvalue weighted by Gasteiger charge is 2.36. The summed E-state index contributed by atoms with van der Waals surface area (Å²) in [5.74, 6) is 0. The van der Waals surface area contributed by atoms with E-state index in [1.54, 1.807) is 7.11 Å². The van der Waals surface area contributed by atoms with Crippen LogP contribution in [0.3, 0.4) is 0 Å². The maximum Gasteiger partial charge on any atom is 0.411 e. The van der Waals surface area contributed by atoms with Crippen LogP contribution < -0.4 is 5.32 Å². The Morgan fingerprint density at radius 1 is 1.23 bits per heavy atom. The Morgan fingerprint density at radius 2 is 2.00 bits per heavy atom. The molecule has 7 heteroatoms. The van der Waals surface area contributed by atoms with Crippen molar-refractivity contribution in [2.75, 3.05) is 20.3 Å². The van der Waals surface area contributed by atoms with Crippen molar-refractivity contribution in [1.82, 2.24) is 10.2 Å². The summed E-state index contributed by atoms with van der Waals surface area (Å²) in [4.78, 5) is 26.1. The van der Waals surface area contributed by atoms with Crippen molar-refractivity contribution >= 4 is 12.2 Å². The third-order valence-electron chi connectivity index (χ3n) is 4.31. The van der Waals surface area contributed by atoms with E-state index in [0.29, 0.717) is 13.2 Å². The Morgan fingerprint density at radius 3 is 2.69 bits per heavy atom. The first-order chi connectivity index (χ1) is 12.7. The van der Waals surface area contributed by atoms with Crippen LogP contribution in [-0.4, -0.2) is 49.6 Å². The molecule has 1 aliphatic heterocycles. The number of nitrogens with one attached hydrogen (secondary N) is 1. The Labute approximate surface area is 154 Å². The highest BCUT2D eigenvalue weighted by atomic mass is 16.6. The quantitative estimate of drug-likeness (QED) is 0.751. The SMILES string of the molecule is CCCCOC(=O)NC1C(OC)CCCN1C(=O)OCc1ccccc1. The molecule has 0 radical (unpaired) electrons. The zero-order valence-corrected chi connectivity index (χ0v) is 15.5. The van der Waals surface area contributed by atoms with E-state index in [1.807, 2.05) is 37.3 Å². The van der Waals surface area contributed by atoms with Gasteiger partial charge in [0.05, 0.1) is 12.7 Å². The molecule has 2 amide bonds. The van der Waals surface area contributed by atoms with E-state index in [4.69, 9.17) is 14.2 Å². The molecule has 1 N–H and O–H groups in total. The second-order valence-electron chi connectivity index (χ2n) is 6.23. The molecule has 0 bridgehead atoms. The summed E-state index contributed by atoms with van der Waals surface area (Å²) >= 11 is 0. The van der Waals surface area contributed by atoms with E-state index in [0.717, 1.165) is 31.2 Å². The van der Waals surface area contributed by atoms with Gasteiger partial charge in [0.2, 0.25) is 0 Å². The molecule has 1 aliphatic rings. The summed E-state index contributed by atoms with van der Waals surface area (Å²) in [7, 11) is 1.57. The van der Waals surface area contributed by atoms with Gasteiger partial charge in [0.25, 0.3) is 0 Å². The number of methoxy groups -OCH3 is 1. The van der Waals surface area contributed by atoms with Gasteiger partial charge in [-0.3, -0.25) is 10.2 Å². The number of unbranched alkanes of at least 4 members (excludes halogenated alkanes) is 1. The standard InChI is InChI=1S/C19H28N2O5/c1-3-4-13-25-18(22)20-17-16(24-2)11-8-12-21(17)19(23)26-14-15-9-6-5-7-10-15/h5-7,9-10,16-17H,3-4,8,11-14H2,1-2H3,(H,20,22). The zero-order chi connectivity index (χ0) is 18.8. The number of likely N-dealkylation sites (tertiary alicyclic amines) is 1. The molecule has 0 saturated carbocycles. The molecule has 1 aromatic rings. The molecule has 0 spiro atoms. The average Bonchev–Trinajstić information content (AvgIpc) is 2.67. The van der Waals surface area contributed by atoms with Crippen LogP contribution in [-0.2, 0) is 20.8 Å². The summed E-state index contributed by atoms with van der Waals surface area (Å²) < 4.78 is 16.0. The van der Waals surface area contributed by atoms with Crippen molar-refractivity contribution in [2.45, 2.75) is 51.5 Å². The molecule has 2 rings (SSSR count). The van der Waals surface area contributed by atoms with Crippen LogP contribution in [0.2, 0.25) is 0 Å². The van der Waals surface area contributed by atoms with E-state index >= 15 is 0 Å². The van der Waals surface area contributed by atoms with Crippen molar-refractivity contribution in [1.29, 1.82) is 0 Å². The van der Waals surface area contributed by atoms with Gasteiger partial charge in [0, 0.05) is 13.7 Å². The normalized spacial score (nSPS) is 19.7. The second kappa shape index (κ2) is 10.7. The van der Waals surface area contributed by atoms with Gasteiger partial charge in [-0.15, -0.1) is 0 Å². The number of carbonyl (C=O) groups excluding carboxylic acids is 2. The van der Waals surface area contributed by atoms with Crippen molar-refractivity contribution in [3.8, 4) is 0 Å². The highest BCUT2D eigenvalue weighted by Crippen LogP contribution is 2.20. The van der Waals surface area contributed by atoms with Crippen LogP contribution in [0.15, 0.2) is 30.3 Å². The Hall–Kier alpha value is -2.28. The number of carbonyl (C=O) groups is 2. The molecule has 144 valence electrons. The van der Waals surface area contributed by atoms with E-state index in [2.05, 4.69) is 5.32 Å². The minimum Gasteiger partial charge on any atom is -0.450 e. The number of hydrogen-bond donors (Lipinski definition) is 1. The minimum atomic E-state index is -0.605. The van der Waals surface area contributed by atoms with E-state index in [1.165, 1.54) is 4.90 Å². The maximum atomic E-state index is 12.5. The predicted octanol–water partition coefficient (Wildman–Crippen LogP) is 3.29. The Bertz CT molecular complexity index is 566. The van der Waals surface area contributed by atoms with Gasteiger partial charge in [0.15, 0.2) is 0 Å². The van der Waals surface area contributed by atoms with Gasteiger partial charge in [0.1, 0.15) is 12.8 Å². The van der Waals surface area contributed by atoms with Gasteiger partial charge >= 0.3 is 12.2 Å². The van der Waals surface area contributed by atoms with Gasteiger partial charge in [-0.1, -0.05) is 43.7 Å². The maximum absolute atomic E-state index is 12.5. The Kier molecular flexibility index (Phi) is 8.21. The third-order valence-corrected chi connectivity index (χ3v) is 4.31. The lowest BCUT2D eigenvalue weighted by atomic mass is 10.1. The first-order valence-corrected chi connectivity index (χ1v) is 9.09. The number of amides is 2. The molecule has 26 heavy (non-hydrogen) atoms. The zero-order valence-electron chi connectivity index (χ0n) is 15.5. The van der Waals surface area contributed by atoms with Gasteiger partial charge < -0.3 is 14.2 Å². The van der Waals surface area contributed by atoms with Crippen LogP contribution >= 0.6 is 0 Å². The van der Waals surface area contributed by atoms with E-state index in [-0.39, 0.29) is 12.7 Å². The Balaban J connectivity index is 1.95. The lowest BCUT2D eigenvalue weighted by molar-refractivity contribution is -0.0311. The van der Waals surface area contributed by atoms with Crippen LogP contribution in [0.5, 0.6) is 0 Å². The molecular formula is C19H28N2O5. The van der Waals surface area contributed by atoms with Crippen molar-refractivity contribution in [3.05, 3.63) is 35.9 Å². The fraction of sp³-hybridized carbons (Fsp3) is 0.579. The van der Waals surface area contributed by atoms with E-state index in [9.17, 15) is 9.59 Å². The third kappa shape index (κ3) is 5.91. The van der Waals surface area contributed by atoms with Gasteiger partial charge in [-0.05, 0) is 24.8 Å². The summed E-state index contributed by atoms with van der Waals surface area (Å²) in [6.45, 7) is 3.05. The molecule has 0 aromatic heterocycles. The highest BCUT2D eigenvalue weighted by molar-refractivity contribution is 5.71. The number of ether oxygens (including phenoxy) is 3. The van der Waals surface area contributed by atoms with Gasteiger partial charge in [-0.25, -0.2) is 9.59 Å². The molecular weight excluding hydrogens is 336 g/mol. The largest absolute Gasteiger partial charge is 0.450 e. The number of benzene rings is 1.